The van der Waals surface area contributed by atoms with E-state index in [1.165, 1.54) is 36.2 Å². The minimum absolute atomic E-state index is 0.0844. The van der Waals surface area contributed by atoms with Crippen LogP contribution < -0.4 is 15.9 Å². The first-order valence-electron chi connectivity index (χ1n) is 6.24. The topological polar surface area (TPSA) is 53.2 Å². The second-order valence-corrected chi connectivity index (χ2v) is 4.29. The normalized spacial score (nSPS) is 10.6. The third-order valence-electron chi connectivity index (χ3n) is 2.94. The van der Waals surface area contributed by atoms with Gasteiger partial charge in [0, 0.05) is 25.0 Å². The van der Waals surface area contributed by atoms with Crippen molar-refractivity contribution in [3.8, 4) is 11.4 Å². The number of benzene rings is 1. The summed E-state index contributed by atoms with van der Waals surface area (Å²) in [5.74, 6) is -0.504. The van der Waals surface area contributed by atoms with E-state index in [1.54, 1.807) is 0 Å². The maximum absolute atomic E-state index is 13.6. The number of methoxy groups -OCH3 is 1. The number of hydrogen-bond donors (Lipinski definition) is 0. The molecule has 1 aromatic heterocycles. The minimum atomic E-state index is -0.703. The lowest BCUT2D eigenvalue weighted by molar-refractivity contribution is 0.386. The third-order valence-corrected chi connectivity index (χ3v) is 2.94. The zero-order chi connectivity index (χ0) is 14.7. The van der Waals surface area contributed by atoms with E-state index in [0.717, 1.165) is 17.1 Å². The fourth-order valence-electron chi connectivity index (χ4n) is 1.93. The van der Waals surface area contributed by atoms with Gasteiger partial charge < -0.3 is 9.30 Å². The van der Waals surface area contributed by atoms with E-state index in [9.17, 15) is 14.0 Å². The molecule has 2 rings (SSSR count). The Kier molecular flexibility index (Phi) is 4.02. The summed E-state index contributed by atoms with van der Waals surface area (Å²) in [5, 5.41) is 0. The van der Waals surface area contributed by atoms with Gasteiger partial charge in [-0.15, -0.1) is 0 Å². The highest BCUT2D eigenvalue weighted by molar-refractivity contribution is 5.38. The fraction of sp³-hybridized carbons (Fsp3) is 0.286. The molecule has 0 unspecified atom stereocenters. The van der Waals surface area contributed by atoms with Gasteiger partial charge in [-0.2, -0.15) is 0 Å². The van der Waals surface area contributed by atoms with Crippen molar-refractivity contribution < 1.29 is 9.13 Å². The second kappa shape index (κ2) is 5.73. The van der Waals surface area contributed by atoms with Gasteiger partial charge in [-0.25, -0.2) is 4.39 Å². The summed E-state index contributed by atoms with van der Waals surface area (Å²) < 4.78 is 20.9. The molecule has 2 aromatic rings. The van der Waals surface area contributed by atoms with Crippen molar-refractivity contribution in [2.45, 2.75) is 19.9 Å². The SMILES string of the molecule is CCCn1ccn(-c2ccc(OC)c(F)c2)c(=O)c1=O. The summed E-state index contributed by atoms with van der Waals surface area (Å²) in [6.07, 6.45) is 3.73. The molecule has 0 aliphatic carbocycles. The molecule has 0 atom stereocenters. The van der Waals surface area contributed by atoms with Crippen LogP contribution in [0.2, 0.25) is 0 Å². The molecule has 0 saturated heterocycles. The van der Waals surface area contributed by atoms with Crippen LogP contribution in [0.4, 0.5) is 4.39 Å². The average molecular weight is 278 g/mol. The lowest BCUT2D eigenvalue weighted by Crippen LogP contribution is -2.39. The summed E-state index contributed by atoms with van der Waals surface area (Å²) in [5.41, 5.74) is -1.04. The largest absolute Gasteiger partial charge is 0.494 e. The van der Waals surface area contributed by atoms with E-state index in [2.05, 4.69) is 0 Å². The molecule has 20 heavy (non-hydrogen) atoms. The van der Waals surface area contributed by atoms with E-state index in [-0.39, 0.29) is 11.4 Å². The third kappa shape index (κ3) is 2.49. The molecule has 1 aromatic carbocycles. The van der Waals surface area contributed by atoms with Gasteiger partial charge >= 0.3 is 11.1 Å². The summed E-state index contributed by atoms with van der Waals surface area (Å²) in [7, 11) is 1.36. The van der Waals surface area contributed by atoms with Crippen molar-refractivity contribution in [2.24, 2.45) is 0 Å². The van der Waals surface area contributed by atoms with Gasteiger partial charge in [0.15, 0.2) is 11.6 Å². The highest BCUT2D eigenvalue weighted by atomic mass is 19.1. The van der Waals surface area contributed by atoms with Gasteiger partial charge in [-0.05, 0) is 18.6 Å². The quantitative estimate of drug-likeness (QED) is 0.797. The molecular formula is C14H15FN2O3. The Morgan fingerprint density at radius 2 is 1.95 bits per heavy atom. The standard InChI is InChI=1S/C14H15FN2O3/c1-3-6-16-7-8-17(14(19)13(16)18)10-4-5-12(20-2)11(15)9-10/h4-5,7-9H,3,6H2,1-2H3. The highest BCUT2D eigenvalue weighted by Crippen LogP contribution is 2.18. The van der Waals surface area contributed by atoms with Crippen LogP contribution in [-0.4, -0.2) is 16.2 Å². The highest BCUT2D eigenvalue weighted by Gasteiger charge is 2.09. The lowest BCUT2D eigenvalue weighted by Gasteiger charge is -2.09. The van der Waals surface area contributed by atoms with E-state index in [1.807, 2.05) is 6.92 Å². The number of nitrogens with zero attached hydrogens (tertiary/aromatic N) is 2. The van der Waals surface area contributed by atoms with Crippen LogP contribution in [0, 0.1) is 5.82 Å². The molecule has 0 radical (unpaired) electrons. The maximum Gasteiger partial charge on any atom is 0.320 e. The van der Waals surface area contributed by atoms with E-state index >= 15 is 0 Å². The van der Waals surface area contributed by atoms with Crippen LogP contribution in [0.3, 0.4) is 0 Å². The molecule has 0 saturated carbocycles. The molecule has 106 valence electrons. The van der Waals surface area contributed by atoms with Gasteiger partial charge in [-0.1, -0.05) is 6.92 Å². The summed E-state index contributed by atoms with van der Waals surface area (Å²) in [4.78, 5) is 23.9. The molecule has 0 aliphatic heterocycles. The Labute approximate surface area is 114 Å². The summed E-state index contributed by atoms with van der Waals surface area (Å²) >= 11 is 0. The first-order chi connectivity index (χ1) is 9.58. The Hall–Kier alpha value is -2.37. The van der Waals surface area contributed by atoms with E-state index < -0.39 is 16.9 Å². The van der Waals surface area contributed by atoms with Gasteiger partial charge in [0.2, 0.25) is 0 Å². The second-order valence-electron chi connectivity index (χ2n) is 4.29. The van der Waals surface area contributed by atoms with Crippen LogP contribution in [0.25, 0.3) is 5.69 Å². The predicted octanol–water partition coefficient (Wildman–Crippen LogP) is 1.56. The van der Waals surface area contributed by atoms with Gasteiger partial charge in [0.05, 0.1) is 12.8 Å². The molecular weight excluding hydrogens is 263 g/mol. The predicted molar refractivity (Wildman–Crippen MR) is 73.1 cm³/mol. The number of hydrogen-bond acceptors (Lipinski definition) is 3. The first kappa shape index (κ1) is 14.0. The van der Waals surface area contributed by atoms with Crippen LogP contribution in [-0.2, 0) is 6.54 Å². The number of halogens is 1. The van der Waals surface area contributed by atoms with Crippen molar-refractivity contribution in [3.63, 3.8) is 0 Å². The molecule has 6 heteroatoms. The number of aryl methyl sites for hydroxylation is 1. The fourth-order valence-corrected chi connectivity index (χ4v) is 1.93. The minimum Gasteiger partial charge on any atom is -0.494 e. The van der Waals surface area contributed by atoms with Gasteiger partial charge in [0.1, 0.15) is 0 Å². The smallest absolute Gasteiger partial charge is 0.320 e. The Balaban J connectivity index is 2.54. The molecule has 0 N–H and O–H groups in total. The summed E-state index contributed by atoms with van der Waals surface area (Å²) in [6.45, 7) is 2.39. The maximum atomic E-state index is 13.6. The first-order valence-corrected chi connectivity index (χ1v) is 6.24. The molecule has 0 amide bonds. The van der Waals surface area contributed by atoms with Crippen molar-refractivity contribution in [1.29, 1.82) is 0 Å². The number of ether oxygens (including phenoxy) is 1. The van der Waals surface area contributed by atoms with Crippen molar-refractivity contribution in [1.82, 2.24) is 9.13 Å². The monoisotopic (exact) mass is 278 g/mol. The van der Waals surface area contributed by atoms with Crippen LogP contribution in [0.1, 0.15) is 13.3 Å². The Morgan fingerprint density at radius 1 is 1.20 bits per heavy atom. The van der Waals surface area contributed by atoms with E-state index in [4.69, 9.17) is 4.74 Å². The van der Waals surface area contributed by atoms with Crippen LogP contribution >= 0.6 is 0 Å². The molecule has 0 bridgehead atoms. The molecule has 0 fully saturated rings. The van der Waals surface area contributed by atoms with Gasteiger partial charge in [-0.3, -0.25) is 14.2 Å². The lowest BCUT2D eigenvalue weighted by atomic mass is 10.3. The molecule has 5 nitrogen and oxygen atoms in total. The summed E-state index contributed by atoms with van der Waals surface area (Å²) in [6, 6.07) is 4.09. The molecule has 0 aliphatic rings. The van der Waals surface area contributed by atoms with Crippen molar-refractivity contribution in [3.05, 3.63) is 57.1 Å². The Morgan fingerprint density at radius 3 is 2.55 bits per heavy atom. The average Bonchev–Trinajstić information content (AvgIpc) is 2.44. The molecule has 1 heterocycles. The number of rotatable bonds is 4. The zero-order valence-corrected chi connectivity index (χ0v) is 11.3. The zero-order valence-electron chi connectivity index (χ0n) is 11.3. The van der Waals surface area contributed by atoms with E-state index in [0.29, 0.717) is 6.54 Å². The molecule has 0 spiro atoms. The van der Waals surface area contributed by atoms with Crippen molar-refractivity contribution in [2.75, 3.05) is 7.11 Å². The Bertz CT molecular complexity index is 734. The van der Waals surface area contributed by atoms with Crippen LogP contribution in [0.5, 0.6) is 5.75 Å². The number of aromatic nitrogens is 2. The van der Waals surface area contributed by atoms with Gasteiger partial charge in [0.25, 0.3) is 0 Å². The van der Waals surface area contributed by atoms with Crippen molar-refractivity contribution >= 4 is 0 Å². The van der Waals surface area contributed by atoms with Crippen LogP contribution in [0.15, 0.2) is 40.2 Å².